The Labute approximate surface area is 131 Å². The second kappa shape index (κ2) is 9.92. The van der Waals surface area contributed by atoms with Gasteiger partial charge in [-0.1, -0.05) is 48.6 Å². The highest BCUT2D eigenvalue weighted by Crippen LogP contribution is 2.10. The van der Waals surface area contributed by atoms with Gasteiger partial charge in [0.05, 0.1) is 19.8 Å². The second-order valence-corrected chi connectivity index (χ2v) is 5.26. The first kappa shape index (κ1) is 16.5. The fourth-order valence-corrected chi connectivity index (χ4v) is 2.14. The number of ether oxygens (including phenoxy) is 2. The van der Waals surface area contributed by atoms with Crippen LogP contribution in [0.2, 0.25) is 0 Å². The maximum Gasteiger partial charge on any atom is 0.243 e. The maximum absolute atomic E-state index is 11.6. The van der Waals surface area contributed by atoms with Crippen molar-refractivity contribution in [2.45, 2.75) is 13.0 Å². The fourth-order valence-electron chi connectivity index (χ4n) is 2.14. The Hall–Kier alpha value is -1.91. The van der Waals surface area contributed by atoms with Crippen LogP contribution in [-0.4, -0.2) is 32.3 Å². The van der Waals surface area contributed by atoms with E-state index in [9.17, 15) is 4.79 Å². The molecule has 0 aromatic heterocycles. The van der Waals surface area contributed by atoms with Gasteiger partial charge in [-0.25, -0.2) is 0 Å². The lowest BCUT2D eigenvalue weighted by Gasteiger charge is -2.06. The van der Waals surface area contributed by atoms with Crippen molar-refractivity contribution in [1.29, 1.82) is 0 Å². The first-order chi connectivity index (χ1) is 10.8. The van der Waals surface area contributed by atoms with E-state index >= 15 is 0 Å². The molecule has 1 saturated heterocycles. The lowest BCUT2D eigenvalue weighted by Crippen LogP contribution is -2.27. The molecule has 0 bridgehead atoms. The van der Waals surface area contributed by atoms with Gasteiger partial charge >= 0.3 is 0 Å². The summed E-state index contributed by atoms with van der Waals surface area (Å²) in [5.41, 5.74) is 1.15. The van der Waals surface area contributed by atoms with Crippen molar-refractivity contribution >= 4 is 5.91 Å². The zero-order chi connectivity index (χ0) is 15.5. The monoisotopic (exact) mass is 301 g/mol. The molecule has 0 aliphatic carbocycles. The normalized spacial score (nSPS) is 18.3. The minimum absolute atomic E-state index is 0.0678. The molecule has 1 heterocycles. The van der Waals surface area contributed by atoms with E-state index in [1.807, 2.05) is 42.5 Å². The Balaban J connectivity index is 1.53. The van der Waals surface area contributed by atoms with E-state index in [1.54, 1.807) is 6.08 Å². The second-order valence-electron chi connectivity index (χ2n) is 5.26. The van der Waals surface area contributed by atoms with Crippen LogP contribution in [0.15, 0.2) is 54.6 Å². The SMILES string of the molecule is O=C(/C=C/C=CCOCc1ccccc1)NCC1CCOC1. The lowest BCUT2D eigenvalue weighted by molar-refractivity contribution is -0.116. The average Bonchev–Trinajstić information content (AvgIpc) is 3.06. The van der Waals surface area contributed by atoms with Gasteiger partial charge in [-0.2, -0.15) is 0 Å². The smallest absolute Gasteiger partial charge is 0.243 e. The molecule has 2 rings (SSSR count). The van der Waals surface area contributed by atoms with Crippen molar-refractivity contribution in [3.05, 3.63) is 60.2 Å². The van der Waals surface area contributed by atoms with E-state index in [1.165, 1.54) is 6.08 Å². The number of allylic oxidation sites excluding steroid dienone is 2. The van der Waals surface area contributed by atoms with Crippen molar-refractivity contribution in [1.82, 2.24) is 5.32 Å². The van der Waals surface area contributed by atoms with E-state index in [-0.39, 0.29) is 5.91 Å². The van der Waals surface area contributed by atoms with Crippen LogP contribution < -0.4 is 5.32 Å². The van der Waals surface area contributed by atoms with E-state index in [0.29, 0.717) is 25.7 Å². The number of hydrogen-bond donors (Lipinski definition) is 1. The van der Waals surface area contributed by atoms with Crippen molar-refractivity contribution in [2.24, 2.45) is 5.92 Å². The molecule has 1 amide bonds. The van der Waals surface area contributed by atoms with Gasteiger partial charge in [0, 0.05) is 25.1 Å². The molecule has 1 atom stereocenters. The van der Waals surface area contributed by atoms with Gasteiger partial charge in [-0.05, 0) is 12.0 Å². The highest BCUT2D eigenvalue weighted by molar-refractivity contribution is 5.87. The summed E-state index contributed by atoms with van der Waals surface area (Å²) in [6, 6.07) is 10.0. The number of hydrogen-bond acceptors (Lipinski definition) is 3. The summed E-state index contributed by atoms with van der Waals surface area (Å²) in [7, 11) is 0. The number of carbonyl (C=O) groups is 1. The van der Waals surface area contributed by atoms with E-state index in [2.05, 4.69) is 5.32 Å². The molecule has 4 heteroatoms. The van der Waals surface area contributed by atoms with Gasteiger partial charge in [0.1, 0.15) is 0 Å². The third kappa shape index (κ3) is 6.70. The zero-order valence-electron chi connectivity index (χ0n) is 12.7. The highest BCUT2D eigenvalue weighted by Gasteiger charge is 2.15. The summed E-state index contributed by atoms with van der Waals surface area (Å²) in [5.74, 6) is 0.390. The third-order valence-corrected chi connectivity index (χ3v) is 3.41. The molecule has 4 nitrogen and oxygen atoms in total. The van der Waals surface area contributed by atoms with Crippen LogP contribution in [0.3, 0.4) is 0 Å². The van der Waals surface area contributed by atoms with Crippen LogP contribution in [0, 0.1) is 5.92 Å². The first-order valence-corrected chi connectivity index (χ1v) is 7.65. The minimum Gasteiger partial charge on any atom is -0.381 e. The maximum atomic E-state index is 11.6. The highest BCUT2D eigenvalue weighted by atomic mass is 16.5. The van der Waals surface area contributed by atoms with E-state index in [0.717, 1.165) is 25.2 Å². The van der Waals surface area contributed by atoms with Gasteiger partial charge in [0.25, 0.3) is 0 Å². The number of rotatable bonds is 8. The van der Waals surface area contributed by atoms with Crippen molar-refractivity contribution in [2.75, 3.05) is 26.4 Å². The summed E-state index contributed by atoms with van der Waals surface area (Å²) >= 11 is 0. The Morgan fingerprint density at radius 1 is 1.32 bits per heavy atom. The minimum atomic E-state index is -0.0678. The predicted octanol–water partition coefficient (Wildman–Crippen LogP) is 2.47. The van der Waals surface area contributed by atoms with Gasteiger partial charge in [0.2, 0.25) is 5.91 Å². The van der Waals surface area contributed by atoms with Gasteiger partial charge < -0.3 is 14.8 Å². The zero-order valence-corrected chi connectivity index (χ0v) is 12.7. The molecule has 22 heavy (non-hydrogen) atoms. The quantitative estimate of drug-likeness (QED) is 0.456. The molecule has 0 saturated carbocycles. The van der Waals surface area contributed by atoms with Crippen LogP contribution >= 0.6 is 0 Å². The summed E-state index contributed by atoms with van der Waals surface area (Å²) in [4.78, 5) is 11.6. The molecule has 1 aliphatic rings. The molecule has 1 unspecified atom stereocenters. The summed E-state index contributed by atoms with van der Waals surface area (Å²) in [6.45, 7) is 3.37. The molecule has 1 aliphatic heterocycles. The molecule has 1 aromatic rings. The Morgan fingerprint density at radius 3 is 2.95 bits per heavy atom. The van der Waals surface area contributed by atoms with Crippen LogP contribution in [0.25, 0.3) is 0 Å². The Kier molecular flexibility index (Phi) is 7.43. The number of carbonyl (C=O) groups excluding carboxylic acids is 1. The number of nitrogens with one attached hydrogen (secondary N) is 1. The van der Waals surface area contributed by atoms with Gasteiger partial charge in [0.15, 0.2) is 0 Å². The van der Waals surface area contributed by atoms with Crippen molar-refractivity contribution in [3.8, 4) is 0 Å². The molecule has 0 radical (unpaired) electrons. The lowest BCUT2D eigenvalue weighted by atomic mass is 10.1. The van der Waals surface area contributed by atoms with E-state index < -0.39 is 0 Å². The van der Waals surface area contributed by atoms with Crippen molar-refractivity contribution in [3.63, 3.8) is 0 Å². The Morgan fingerprint density at radius 2 is 2.18 bits per heavy atom. The molecular weight excluding hydrogens is 278 g/mol. The summed E-state index contributed by atoms with van der Waals surface area (Å²) in [5, 5.41) is 2.88. The molecule has 118 valence electrons. The van der Waals surface area contributed by atoms with Crippen LogP contribution in [0.1, 0.15) is 12.0 Å². The van der Waals surface area contributed by atoms with Crippen LogP contribution in [0.5, 0.6) is 0 Å². The standard InChI is InChI=1S/C18H23NO3/c20-18(19-13-17-10-12-22-15-17)9-5-2-6-11-21-14-16-7-3-1-4-8-16/h1-9,17H,10-15H2,(H,19,20)/b6-2?,9-5+. The molecule has 1 aromatic carbocycles. The Bertz CT molecular complexity index is 490. The molecule has 0 spiro atoms. The fraction of sp³-hybridized carbons (Fsp3) is 0.389. The molecular formula is C18H23NO3. The predicted molar refractivity (Wildman–Crippen MR) is 86.3 cm³/mol. The average molecular weight is 301 g/mol. The van der Waals surface area contributed by atoms with Crippen LogP contribution in [-0.2, 0) is 20.9 Å². The number of amides is 1. The van der Waals surface area contributed by atoms with Gasteiger partial charge in [-0.15, -0.1) is 0 Å². The van der Waals surface area contributed by atoms with E-state index in [4.69, 9.17) is 9.47 Å². The largest absolute Gasteiger partial charge is 0.381 e. The third-order valence-electron chi connectivity index (χ3n) is 3.41. The summed E-state index contributed by atoms with van der Waals surface area (Å²) in [6.07, 6.45) is 8.00. The first-order valence-electron chi connectivity index (χ1n) is 7.65. The topological polar surface area (TPSA) is 47.6 Å². The van der Waals surface area contributed by atoms with Gasteiger partial charge in [-0.3, -0.25) is 4.79 Å². The van der Waals surface area contributed by atoms with Crippen molar-refractivity contribution < 1.29 is 14.3 Å². The number of benzene rings is 1. The summed E-state index contributed by atoms with van der Waals surface area (Å²) < 4.78 is 10.8. The van der Waals surface area contributed by atoms with Crippen LogP contribution in [0.4, 0.5) is 0 Å². The molecule has 1 fully saturated rings. The molecule has 1 N–H and O–H groups in total.